The van der Waals surface area contributed by atoms with Gasteiger partial charge in [0.05, 0.1) is 6.04 Å². The summed E-state index contributed by atoms with van der Waals surface area (Å²) in [6, 6.07) is 6.34. The van der Waals surface area contributed by atoms with Crippen LogP contribution in [0.2, 0.25) is 0 Å². The van der Waals surface area contributed by atoms with Crippen LogP contribution in [-0.4, -0.2) is 17.9 Å². The molecule has 2 N–H and O–H groups in total. The van der Waals surface area contributed by atoms with E-state index in [0.717, 1.165) is 18.4 Å². The van der Waals surface area contributed by atoms with Crippen LogP contribution in [0, 0.1) is 0 Å². The molecule has 0 aliphatic carbocycles. The lowest BCUT2D eigenvalue weighted by Crippen LogP contribution is -2.21. The number of phenols is 1. The number of carbonyl (C=O) groups is 1. The van der Waals surface area contributed by atoms with Gasteiger partial charge in [0.15, 0.2) is 0 Å². The van der Waals surface area contributed by atoms with Crippen LogP contribution in [0.15, 0.2) is 24.3 Å². The van der Waals surface area contributed by atoms with Crippen molar-refractivity contribution in [1.82, 2.24) is 5.32 Å². The number of likely N-dealkylation sites (N-methyl/N-ethyl adjacent to an activating group) is 1. The van der Waals surface area contributed by atoms with Gasteiger partial charge in [-0.25, -0.2) is 0 Å². The molecule has 1 atom stereocenters. The number of halogens is 1. The monoisotopic (exact) mass is 215 g/mol. The first-order chi connectivity index (χ1) is 6.27. The standard InChI is InChI=1S/C10H13NO2.ClH/c1-2-11-10(7-12)8-3-5-9(13)6-4-8;/h3-7,10-11,13H,2H2,1H3;1H. The van der Waals surface area contributed by atoms with Gasteiger partial charge in [-0.1, -0.05) is 19.1 Å². The van der Waals surface area contributed by atoms with Gasteiger partial charge in [0.2, 0.25) is 0 Å². The Balaban J connectivity index is 0.00000169. The summed E-state index contributed by atoms with van der Waals surface area (Å²) in [5, 5.41) is 12.1. The Kier molecular flexibility index (Phi) is 5.92. The summed E-state index contributed by atoms with van der Waals surface area (Å²) in [5.41, 5.74) is 0.870. The zero-order valence-corrected chi connectivity index (χ0v) is 8.75. The SMILES string of the molecule is CCNC(C=O)c1ccc(O)cc1.Cl. The van der Waals surface area contributed by atoms with E-state index in [2.05, 4.69) is 5.32 Å². The molecular formula is C10H14ClNO2. The molecule has 1 unspecified atom stereocenters. The molecule has 4 heteroatoms. The number of hydrogen-bond acceptors (Lipinski definition) is 3. The predicted molar refractivity (Wildman–Crippen MR) is 57.8 cm³/mol. The molecular weight excluding hydrogens is 202 g/mol. The zero-order chi connectivity index (χ0) is 9.68. The molecule has 0 aromatic heterocycles. The highest BCUT2D eigenvalue weighted by Gasteiger charge is 2.07. The fourth-order valence-electron chi connectivity index (χ4n) is 1.15. The number of rotatable bonds is 4. The minimum Gasteiger partial charge on any atom is -0.508 e. The summed E-state index contributed by atoms with van der Waals surface area (Å²) in [6.07, 6.45) is 0.857. The summed E-state index contributed by atoms with van der Waals surface area (Å²) in [6.45, 7) is 2.68. The lowest BCUT2D eigenvalue weighted by molar-refractivity contribution is -0.109. The van der Waals surface area contributed by atoms with E-state index < -0.39 is 0 Å². The summed E-state index contributed by atoms with van der Waals surface area (Å²) < 4.78 is 0. The Morgan fingerprint density at radius 1 is 1.43 bits per heavy atom. The molecule has 0 amide bonds. The summed E-state index contributed by atoms with van der Waals surface area (Å²) in [4.78, 5) is 10.7. The van der Waals surface area contributed by atoms with Crippen molar-refractivity contribution in [3.63, 3.8) is 0 Å². The second-order valence-electron chi connectivity index (χ2n) is 2.76. The van der Waals surface area contributed by atoms with Gasteiger partial charge in [-0.05, 0) is 24.2 Å². The molecule has 1 aromatic carbocycles. The summed E-state index contributed by atoms with van der Waals surface area (Å²) >= 11 is 0. The highest BCUT2D eigenvalue weighted by atomic mass is 35.5. The van der Waals surface area contributed by atoms with Crippen molar-refractivity contribution in [2.24, 2.45) is 0 Å². The van der Waals surface area contributed by atoms with E-state index in [1.165, 1.54) is 0 Å². The maximum absolute atomic E-state index is 10.7. The van der Waals surface area contributed by atoms with Gasteiger partial charge in [-0.15, -0.1) is 12.4 Å². The third-order valence-electron chi connectivity index (χ3n) is 1.81. The highest BCUT2D eigenvalue weighted by Crippen LogP contribution is 2.14. The Hall–Kier alpha value is -1.06. The molecule has 0 heterocycles. The lowest BCUT2D eigenvalue weighted by Gasteiger charge is -2.10. The molecule has 0 radical (unpaired) electrons. The van der Waals surface area contributed by atoms with Crippen molar-refractivity contribution in [1.29, 1.82) is 0 Å². The molecule has 0 saturated heterocycles. The van der Waals surface area contributed by atoms with E-state index in [4.69, 9.17) is 5.11 Å². The minimum absolute atomic E-state index is 0. The van der Waals surface area contributed by atoms with E-state index in [0.29, 0.717) is 0 Å². The number of hydrogen-bond donors (Lipinski definition) is 2. The van der Waals surface area contributed by atoms with Gasteiger partial charge in [-0.3, -0.25) is 0 Å². The molecule has 14 heavy (non-hydrogen) atoms. The smallest absolute Gasteiger partial charge is 0.141 e. The molecule has 0 aliphatic heterocycles. The predicted octanol–water partition coefficient (Wildman–Crippen LogP) is 1.66. The minimum atomic E-state index is -0.273. The average molecular weight is 216 g/mol. The van der Waals surface area contributed by atoms with Gasteiger partial charge in [-0.2, -0.15) is 0 Å². The molecule has 1 aromatic rings. The normalized spacial score (nSPS) is 11.5. The number of benzene rings is 1. The first-order valence-electron chi connectivity index (χ1n) is 4.25. The van der Waals surface area contributed by atoms with Crippen LogP contribution < -0.4 is 5.32 Å². The molecule has 0 fully saturated rings. The van der Waals surface area contributed by atoms with Gasteiger partial charge < -0.3 is 15.2 Å². The topological polar surface area (TPSA) is 49.3 Å². The molecule has 0 spiro atoms. The highest BCUT2D eigenvalue weighted by molar-refractivity contribution is 5.85. The second kappa shape index (κ2) is 6.40. The van der Waals surface area contributed by atoms with Crippen LogP contribution >= 0.6 is 12.4 Å². The largest absolute Gasteiger partial charge is 0.508 e. The Morgan fingerprint density at radius 3 is 2.43 bits per heavy atom. The number of phenolic OH excluding ortho intramolecular Hbond substituents is 1. The fourth-order valence-corrected chi connectivity index (χ4v) is 1.15. The summed E-state index contributed by atoms with van der Waals surface area (Å²) in [5.74, 6) is 0.213. The molecule has 78 valence electrons. The van der Waals surface area contributed by atoms with Gasteiger partial charge in [0.1, 0.15) is 12.0 Å². The number of nitrogens with one attached hydrogen (secondary N) is 1. The molecule has 0 saturated carbocycles. The second-order valence-corrected chi connectivity index (χ2v) is 2.76. The van der Waals surface area contributed by atoms with Crippen LogP contribution in [0.25, 0.3) is 0 Å². The Labute approximate surface area is 89.5 Å². The van der Waals surface area contributed by atoms with E-state index >= 15 is 0 Å². The number of aldehydes is 1. The van der Waals surface area contributed by atoms with Crippen LogP contribution in [0.4, 0.5) is 0 Å². The number of carbonyl (C=O) groups excluding carboxylic acids is 1. The first-order valence-corrected chi connectivity index (χ1v) is 4.25. The summed E-state index contributed by atoms with van der Waals surface area (Å²) in [7, 11) is 0. The average Bonchev–Trinajstić information content (AvgIpc) is 2.16. The number of aromatic hydroxyl groups is 1. The lowest BCUT2D eigenvalue weighted by atomic mass is 10.1. The van der Waals surface area contributed by atoms with Gasteiger partial charge >= 0.3 is 0 Å². The Morgan fingerprint density at radius 2 is 2.00 bits per heavy atom. The zero-order valence-electron chi connectivity index (χ0n) is 7.93. The van der Waals surface area contributed by atoms with Crippen molar-refractivity contribution in [2.75, 3.05) is 6.54 Å². The quantitative estimate of drug-likeness (QED) is 0.752. The maximum atomic E-state index is 10.7. The van der Waals surface area contributed by atoms with Crippen LogP contribution in [-0.2, 0) is 4.79 Å². The van der Waals surface area contributed by atoms with Crippen molar-refractivity contribution in [2.45, 2.75) is 13.0 Å². The molecule has 0 bridgehead atoms. The van der Waals surface area contributed by atoms with E-state index in [-0.39, 0.29) is 24.2 Å². The fraction of sp³-hybridized carbons (Fsp3) is 0.300. The third-order valence-corrected chi connectivity index (χ3v) is 1.81. The van der Waals surface area contributed by atoms with Crippen molar-refractivity contribution in [3.05, 3.63) is 29.8 Å². The van der Waals surface area contributed by atoms with E-state index in [9.17, 15) is 4.79 Å². The van der Waals surface area contributed by atoms with E-state index in [1.54, 1.807) is 24.3 Å². The van der Waals surface area contributed by atoms with Crippen LogP contribution in [0.1, 0.15) is 18.5 Å². The van der Waals surface area contributed by atoms with Gasteiger partial charge in [0, 0.05) is 0 Å². The Bertz CT molecular complexity index is 274. The van der Waals surface area contributed by atoms with Gasteiger partial charge in [0.25, 0.3) is 0 Å². The molecule has 0 aliphatic rings. The van der Waals surface area contributed by atoms with Crippen molar-refractivity contribution < 1.29 is 9.90 Å². The molecule has 1 rings (SSSR count). The van der Waals surface area contributed by atoms with Crippen molar-refractivity contribution in [3.8, 4) is 5.75 Å². The first kappa shape index (κ1) is 12.9. The van der Waals surface area contributed by atoms with Crippen LogP contribution in [0.3, 0.4) is 0 Å². The molecule has 3 nitrogen and oxygen atoms in total. The van der Waals surface area contributed by atoms with Crippen LogP contribution in [0.5, 0.6) is 5.75 Å². The van der Waals surface area contributed by atoms with E-state index in [1.807, 2.05) is 6.92 Å². The third kappa shape index (κ3) is 3.36. The maximum Gasteiger partial charge on any atom is 0.141 e. The van der Waals surface area contributed by atoms with Crippen molar-refractivity contribution >= 4 is 18.7 Å².